The molecule has 2 amide bonds. The van der Waals surface area contributed by atoms with Crippen LogP contribution < -0.4 is 10.3 Å². The number of nitrogens with one attached hydrogen (secondary N) is 1. The van der Waals surface area contributed by atoms with Gasteiger partial charge in [-0.3, -0.25) is 14.6 Å². The Morgan fingerprint density at radius 3 is 3.04 bits per heavy atom. The molecule has 2 heterocycles. The summed E-state index contributed by atoms with van der Waals surface area (Å²) in [4.78, 5) is 30.5. The average Bonchev–Trinajstić information content (AvgIpc) is 2.58. The average molecular weight is 326 g/mol. The van der Waals surface area contributed by atoms with Crippen molar-refractivity contribution >= 4 is 35.5 Å². The lowest BCUT2D eigenvalue weighted by atomic mass is 10.2. The standard InChI is InChI=1S/C16H14N4O2S/c21-15(19-18-9-12-4-3-7-17-8-12)10-20-13-5-1-2-6-14(13)23-11-16(20)22/h1-9H,10-11H2,(H,19,21). The quantitative estimate of drug-likeness (QED) is 0.685. The lowest BCUT2D eigenvalue weighted by Gasteiger charge is -2.27. The van der Waals surface area contributed by atoms with Crippen LogP contribution in [0.15, 0.2) is 58.8 Å². The fourth-order valence-electron chi connectivity index (χ4n) is 2.14. The summed E-state index contributed by atoms with van der Waals surface area (Å²) in [6, 6.07) is 11.2. The van der Waals surface area contributed by atoms with Crippen LogP contribution in [0.2, 0.25) is 0 Å². The second-order valence-electron chi connectivity index (χ2n) is 4.82. The van der Waals surface area contributed by atoms with Crippen LogP contribution in [0.4, 0.5) is 5.69 Å². The van der Waals surface area contributed by atoms with E-state index in [-0.39, 0.29) is 18.4 Å². The molecule has 0 saturated heterocycles. The molecule has 1 aromatic heterocycles. The van der Waals surface area contributed by atoms with E-state index in [1.54, 1.807) is 18.5 Å². The highest BCUT2D eigenvalue weighted by Crippen LogP contribution is 2.34. The Morgan fingerprint density at radius 1 is 1.35 bits per heavy atom. The predicted octanol–water partition coefficient (Wildman–Crippen LogP) is 1.67. The highest BCUT2D eigenvalue weighted by Gasteiger charge is 2.25. The number of anilines is 1. The summed E-state index contributed by atoms with van der Waals surface area (Å²) < 4.78 is 0. The Labute approximate surface area is 137 Å². The number of nitrogens with zero attached hydrogens (tertiary/aromatic N) is 3. The summed E-state index contributed by atoms with van der Waals surface area (Å²) in [5, 5.41) is 3.88. The van der Waals surface area contributed by atoms with Crippen LogP contribution in [0.25, 0.3) is 0 Å². The number of rotatable bonds is 4. The van der Waals surface area contributed by atoms with E-state index < -0.39 is 0 Å². The van der Waals surface area contributed by atoms with Crippen molar-refractivity contribution in [3.63, 3.8) is 0 Å². The first-order chi connectivity index (χ1) is 11.2. The number of pyridine rings is 1. The summed E-state index contributed by atoms with van der Waals surface area (Å²) in [7, 11) is 0. The molecule has 0 radical (unpaired) electrons. The minimum Gasteiger partial charge on any atom is -0.301 e. The van der Waals surface area contributed by atoms with Crippen LogP contribution in [0, 0.1) is 0 Å². The molecule has 1 aromatic carbocycles. The molecule has 0 bridgehead atoms. The van der Waals surface area contributed by atoms with Gasteiger partial charge in [0.15, 0.2) is 0 Å². The Morgan fingerprint density at radius 2 is 2.22 bits per heavy atom. The van der Waals surface area contributed by atoms with E-state index in [1.165, 1.54) is 22.9 Å². The van der Waals surface area contributed by atoms with Gasteiger partial charge in [-0.25, -0.2) is 5.43 Å². The Balaban J connectivity index is 1.64. The molecule has 6 nitrogen and oxygen atoms in total. The molecule has 7 heteroatoms. The summed E-state index contributed by atoms with van der Waals surface area (Å²) in [5.41, 5.74) is 3.98. The molecule has 0 fully saturated rings. The zero-order valence-electron chi connectivity index (χ0n) is 12.2. The first kappa shape index (κ1) is 15.2. The van der Waals surface area contributed by atoms with Crippen molar-refractivity contribution in [2.45, 2.75) is 4.90 Å². The summed E-state index contributed by atoms with van der Waals surface area (Å²) >= 11 is 1.48. The van der Waals surface area contributed by atoms with Crippen molar-refractivity contribution in [2.75, 3.05) is 17.2 Å². The number of carbonyl (C=O) groups excluding carboxylic acids is 2. The van der Waals surface area contributed by atoms with Crippen LogP contribution >= 0.6 is 11.8 Å². The van der Waals surface area contributed by atoms with Crippen molar-refractivity contribution in [1.82, 2.24) is 10.4 Å². The van der Waals surface area contributed by atoms with E-state index in [0.717, 1.165) is 16.1 Å². The molecular weight excluding hydrogens is 312 g/mol. The summed E-state index contributed by atoms with van der Waals surface area (Å²) in [5.74, 6) is -0.0937. The van der Waals surface area contributed by atoms with Gasteiger partial charge < -0.3 is 4.90 Å². The van der Waals surface area contributed by atoms with Gasteiger partial charge >= 0.3 is 0 Å². The van der Waals surface area contributed by atoms with Crippen molar-refractivity contribution < 1.29 is 9.59 Å². The van der Waals surface area contributed by atoms with Crippen LogP contribution in [-0.2, 0) is 9.59 Å². The maximum Gasteiger partial charge on any atom is 0.260 e. The number of hydrogen-bond acceptors (Lipinski definition) is 5. The molecule has 23 heavy (non-hydrogen) atoms. The number of fused-ring (bicyclic) bond motifs is 1. The summed E-state index contributed by atoms with van der Waals surface area (Å²) in [6.45, 7) is -0.0548. The predicted molar refractivity (Wildman–Crippen MR) is 89.5 cm³/mol. The molecule has 0 aliphatic carbocycles. The van der Waals surface area contributed by atoms with Gasteiger partial charge in [0.25, 0.3) is 5.91 Å². The second kappa shape index (κ2) is 7.06. The number of hydrogen-bond donors (Lipinski definition) is 1. The van der Waals surface area contributed by atoms with Gasteiger partial charge in [0.2, 0.25) is 5.91 Å². The monoisotopic (exact) mass is 326 g/mol. The first-order valence-electron chi connectivity index (χ1n) is 6.98. The lowest BCUT2D eigenvalue weighted by Crippen LogP contribution is -2.42. The van der Waals surface area contributed by atoms with Crippen molar-refractivity contribution in [1.29, 1.82) is 0 Å². The largest absolute Gasteiger partial charge is 0.301 e. The van der Waals surface area contributed by atoms with Gasteiger partial charge in [-0.2, -0.15) is 5.10 Å². The van der Waals surface area contributed by atoms with E-state index in [2.05, 4.69) is 15.5 Å². The molecule has 1 aliphatic heterocycles. The molecule has 0 spiro atoms. The normalized spacial score (nSPS) is 13.9. The number of thioether (sulfide) groups is 1. The minimum atomic E-state index is -0.347. The van der Waals surface area contributed by atoms with Gasteiger partial charge in [0.1, 0.15) is 6.54 Å². The summed E-state index contributed by atoms with van der Waals surface area (Å²) in [6.07, 6.45) is 4.80. The molecule has 116 valence electrons. The maximum atomic E-state index is 12.1. The fourth-order valence-corrected chi connectivity index (χ4v) is 3.07. The smallest absolute Gasteiger partial charge is 0.260 e. The van der Waals surface area contributed by atoms with Crippen molar-refractivity contribution in [3.05, 3.63) is 54.4 Å². The van der Waals surface area contributed by atoms with Gasteiger partial charge in [0.05, 0.1) is 17.7 Å². The number of benzene rings is 1. The number of amides is 2. The van der Waals surface area contributed by atoms with E-state index in [4.69, 9.17) is 0 Å². The Kier molecular flexibility index (Phi) is 4.68. The van der Waals surface area contributed by atoms with Crippen molar-refractivity contribution in [2.24, 2.45) is 5.10 Å². The lowest BCUT2D eigenvalue weighted by molar-refractivity contribution is -0.122. The molecule has 1 aliphatic rings. The number of carbonyl (C=O) groups is 2. The van der Waals surface area contributed by atoms with E-state index in [9.17, 15) is 9.59 Å². The number of aromatic nitrogens is 1. The minimum absolute atomic E-state index is 0.0548. The maximum absolute atomic E-state index is 12.1. The SMILES string of the molecule is O=C(CN1C(=O)CSc2ccccc21)NN=Cc1cccnc1. The highest BCUT2D eigenvalue weighted by atomic mass is 32.2. The highest BCUT2D eigenvalue weighted by molar-refractivity contribution is 8.00. The van der Waals surface area contributed by atoms with Gasteiger partial charge in [-0.1, -0.05) is 18.2 Å². The molecule has 1 N–H and O–H groups in total. The molecular formula is C16H14N4O2S. The van der Waals surface area contributed by atoms with E-state index in [1.807, 2.05) is 30.3 Å². The number of para-hydroxylation sites is 1. The molecule has 2 aromatic rings. The third-order valence-electron chi connectivity index (χ3n) is 3.20. The third kappa shape index (κ3) is 3.75. The number of hydrazone groups is 1. The van der Waals surface area contributed by atoms with Gasteiger partial charge in [-0.05, 0) is 18.2 Å². The topological polar surface area (TPSA) is 74.7 Å². The third-order valence-corrected chi connectivity index (χ3v) is 4.24. The second-order valence-corrected chi connectivity index (χ2v) is 5.83. The van der Waals surface area contributed by atoms with Crippen LogP contribution in [-0.4, -0.2) is 35.3 Å². The fraction of sp³-hybridized carbons (Fsp3) is 0.125. The van der Waals surface area contributed by atoms with E-state index in [0.29, 0.717) is 5.75 Å². The Bertz CT molecular complexity index is 749. The van der Waals surface area contributed by atoms with Crippen LogP contribution in [0.3, 0.4) is 0 Å². The zero-order valence-corrected chi connectivity index (χ0v) is 13.0. The van der Waals surface area contributed by atoms with E-state index >= 15 is 0 Å². The molecule has 0 atom stereocenters. The van der Waals surface area contributed by atoms with Crippen molar-refractivity contribution in [3.8, 4) is 0 Å². The molecule has 0 saturated carbocycles. The van der Waals surface area contributed by atoms with Gasteiger partial charge in [-0.15, -0.1) is 11.8 Å². The molecule has 3 rings (SSSR count). The Hall–Kier alpha value is -2.67. The molecule has 0 unspecified atom stereocenters. The van der Waals surface area contributed by atoms with Crippen LogP contribution in [0.5, 0.6) is 0 Å². The first-order valence-corrected chi connectivity index (χ1v) is 7.97. The zero-order chi connectivity index (χ0) is 16.1. The van der Waals surface area contributed by atoms with Crippen LogP contribution in [0.1, 0.15) is 5.56 Å². The van der Waals surface area contributed by atoms with Gasteiger partial charge in [0, 0.05) is 22.9 Å².